The molecule has 1 fully saturated rings. The van der Waals surface area contributed by atoms with E-state index in [0.717, 1.165) is 5.56 Å². The third kappa shape index (κ3) is 5.16. The van der Waals surface area contributed by atoms with Gasteiger partial charge in [0.1, 0.15) is 0 Å². The summed E-state index contributed by atoms with van der Waals surface area (Å²) in [4.78, 5) is 36.6. The number of nitrogens with zero attached hydrogens (tertiary/aromatic N) is 4. The van der Waals surface area contributed by atoms with Gasteiger partial charge in [-0.1, -0.05) is 17.7 Å². The van der Waals surface area contributed by atoms with Gasteiger partial charge in [0, 0.05) is 57.2 Å². The molecule has 0 aliphatic carbocycles. The number of hydrogen-bond acceptors (Lipinski definition) is 5. The van der Waals surface area contributed by atoms with Crippen molar-refractivity contribution in [2.75, 3.05) is 44.2 Å². The Bertz CT molecular complexity index is 758. The largest absolute Gasteiger partial charge is 0.350 e. The number of carbonyl (C=O) groups is 2. The number of urea groups is 1. The van der Waals surface area contributed by atoms with Crippen LogP contribution in [0.4, 0.5) is 10.7 Å². The molecule has 2 heterocycles. The third-order valence-corrected chi connectivity index (χ3v) is 4.40. The Morgan fingerprint density at radius 1 is 0.963 bits per heavy atom. The molecule has 0 spiro atoms. The summed E-state index contributed by atoms with van der Waals surface area (Å²) in [7, 11) is 0. The fraction of sp³-hybridized carbons (Fsp3) is 0.368. The van der Waals surface area contributed by atoms with E-state index in [1.54, 1.807) is 35.5 Å². The van der Waals surface area contributed by atoms with Crippen LogP contribution in [-0.4, -0.2) is 66.1 Å². The molecule has 142 valence electrons. The first-order valence-corrected chi connectivity index (χ1v) is 9.03. The summed E-state index contributed by atoms with van der Waals surface area (Å²) in [5, 5.41) is 5.65. The molecule has 0 unspecified atom stereocenters. The maximum Gasteiger partial charge on any atom is 0.317 e. The number of rotatable bonds is 5. The molecule has 0 bridgehead atoms. The molecule has 1 saturated heterocycles. The number of anilines is 1. The first-order valence-electron chi connectivity index (χ1n) is 9.03. The van der Waals surface area contributed by atoms with E-state index in [4.69, 9.17) is 0 Å². The van der Waals surface area contributed by atoms with Gasteiger partial charge in [-0.15, -0.1) is 0 Å². The maximum atomic E-state index is 12.2. The Balaban J connectivity index is 1.35. The van der Waals surface area contributed by atoms with Crippen molar-refractivity contribution < 1.29 is 9.59 Å². The van der Waals surface area contributed by atoms with E-state index in [9.17, 15) is 9.59 Å². The van der Waals surface area contributed by atoms with E-state index >= 15 is 0 Å². The molecular weight excluding hydrogens is 344 g/mol. The second-order valence-electron chi connectivity index (χ2n) is 6.38. The minimum absolute atomic E-state index is 0.117. The van der Waals surface area contributed by atoms with E-state index in [1.807, 2.05) is 19.1 Å². The van der Waals surface area contributed by atoms with Gasteiger partial charge in [-0.05, 0) is 25.1 Å². The molecule has 1 aliphatic heterocycles. The van der Waals surface area contributed by atoms with Crippen LogP contribution in [0.25, 0.3) is 0 Å². The molecule has 2 aromatic rings. The highest BCUT2D eigenvalue weighted by atomic mass is 16.2. The Hall–Kier alpha value is -3.16. The summed E-state index contributed by atoms with van der Waals surface area (Å²) in [5.41, 5.74) is 1.73. The zero-order chi connectivity index (χ0) is 19.1. The molecule has 0 saturated carbocycles. The number of aryl methyl sites for hydroxylation is 1. The number of benzene rings is 1. The highest BCUT2D eigenvalue weighted by Crippen LogP contribution is 2.09. The fourth-order valence-electron chi connectivity index (χ4n) is 2.83. The van der Waals surface area contributed by atoms with E-state index in [-0.39, 0.29) is 11.9 Å². The SMILES string of the molecule is Cc1ccc(C(=O)NCCNC(=O)N2CCN(c3ncccn3)CC2)cc1. The summed E-state index contributed by atoms with van der Waals surface area (Å²) in [6, 6.07) is 9.05. The van der Waals surface area contributed by atoms with Gasteiger partial charge in [-0.25, -0.2) is 14.8 Å². The monoisotopic (exact) mass is 368 g/mol. The second kappa shape index (κ2) is 8.98. The first-order chi connectivity index (χ1) is 13.1. The molecule has 2 N–H and O–H groups in total. The maximum absolute atomic E-state index is 12.2. The second-order valence-corrected chi connectivity index (χ2v) is 6.38. The minimum Gasteiger partial charge on any atom is -0.350 e. The highest BCUT2D eigenvalue weighted by molar-refractivity contribution is 5.94. The fourth-order valence-corrected chi connectivity index (χ4v) is 2.83. The summed E-state index contributed by atoms with van der Waals surface area (Å²) in [6.07, 6.45) is 3.43. The molecule has 27 heavy (non-hydrogen) atoms. The molecule has 3 rings (SSSR count). The van der Waals surface area contributed by atoms with Crippen LogP contribution in [0.1, 0.15) is 15.9 Å². The van der Waals surface area contributed by atoms with Crippen LogP contribution in [0.15, 0.2) is 42.7 Å². The Morgan fingerprint density at radius 3 is 2.26 bits per heavy atom. The van der Waals surface area contributed by atoms with E-state index in [0.29, 0.717) is 50.8 Å². The van der Waals surface area contributed by atoms with Crippen molar-refractivity contribution in [3.05, 3.63) is 53.9 Å². The predicted octanol–water partition coefficient (Wildman–Crippen LogP) is 1.05. The van der Waals surface area contributed by atoms with Crippen LogP contribution in [0, 0.1) is 6.92 Å². The average Bonchev–Trinajstić information content (AvgIpc) is 2.72. The quantitative estimate of drug-likeness (QED) is 0.770. The lowest BCUT2D eigenvalue weighted by atomic mass is 10.1. The van der Waals surface area contributed by atoms with Crippen LogP contribution in [0.2, 0.25) is 0 Å². The Morgan fingerprint density at radius 2 is 1.59 bits per heavy atom. The summed E-state index contributed by atoms with van der Waals surface area (Å²) < 4.78 is 0. The van der Waals surface area contributed by atoms with Crippen molar-refractivity contribution in [2.45, 2.75) is 6.92 Å². The van der Waals surface area contributed by atoms with E-state index < -0.39 is 0 Å². The van der Waals surface area contributed by atoms with Crippen LogP contribution in [0.5, 0.6) is 0 Å². The standard InChI is InChI=1S/C19H24N6O2/c1-15-3-5-16(6-4-15)17(26)20-9-10-23-19(27)25-13-11-24(12-14-25)18-21-7-2-8-22-18/h2-8H,9-14H2,1H3,(H,20,26)(H,23,27). The summed E-state index contributed by atoms with van der Waals surface area (Å²) in [5.74, 6) is 0.553. The summed E-state index contributed by atoms with van der Waals surface area (Å²) in [6.45, 7) is 5.36. The number of hydrogen-bond donors (Lipinski definition) is 2. The first kappa shape index (κ1) is 18.6. The molecular formula is C19H24N6O2. The Kier molecular flexibility index (Phi) is 6.19. The van der Waals surface area contributed by atoms with Crippen LogP contribution >= 0.6 is 0 Å². The molecule has 1 aliphatic rings. The lowest BCUT2D eigenvalue weighted by Crippen LogP contribution is -2.52. The molecule has 1 aromatic heterocycles. The highest BCUT2D eigenvalue weighted by Gasteiger charge is 2.22. The van der Waals surface area contributed by atoms with Gasteiger partial charge in [0.25, 0.3) is 5.91 Å². The number of aromatic nitrogens is 2. The van der Waals surface area contributed by atoms with Crippen molar-refractivity contribution in [2.24, 2.45) is 0 Å². The van der Waals surface area contributed by atoms with Crippen molar-refractivity contribution in [1.82, 2.24) is 25.5 Å². The van der Waals surface area contributed by atoms with Crippen LogP contribution in [0.3, 0.4) is 0 Å². The molecule has 0 atom stereocenters. The Labute approximate surface area is 158 Å². The van der Waals surface area contributed by atoms with Crippen molar-refractivity contribution >= 4 is 17.9 Å². The number of amides is 3. The summed E-state index contributed by atoms with van der Waals surface area (Å²) >= 11 is 0. The molecule has 0 radical (unpaired) electrons. The number of carbonyl (C=O) groups excluding carboxylic acids is 2. The smallest absolute Gasteiger partial charge is 0.317 e. The van der Waals surface area contributed by atoms with Gasteiger partial charge in [-0.3, -0.25) is 4.79 Å². The average molecular weight is 368 g/mol. The van der Waals surface area contributed by atoms with Crippen LogP contribution < -0.4 is 15.5 Å². The number of nitrogens with one attached hydrogen (secondary N) is 2. The van der Waals surface area contributed by atoms with Gasteiger partial charge < -0.3 is 20.4 Å². The molecule has 8 heteroatoms. The van der Waals surface area contributed by atoms with Gasteiger partial charge in [-0.2, -0.15) is 0 Å². The van der Waals surface area contributed by atoms with Gasteiger partial charge in [0.2, 0.25) is 5.95 Å². The topological polar surface area (TPSA) is 90.5 Å². The molecule has 3 amide bonds. The third-order valence-electron chi connectivity index (χ3n) is 4.40. The lowest BCUT2D eigenvalue weighted by molar-refractivity contribution is 0.0953. The minimum atomic E-state index is -0.138. The normalized spacial score (nSPS) is 14.0. The van der Waals surface area contributed by atoms with Crippen molar-refractivity contribution in [3.8, 4) is 0 Å². The van der Waals surface area contributed by atoms with E-state index in [2.05, 4.69) is 25.5 Å². The van der Waals surface area contributed by atoms with Gasteiger partial charge in [0.15, 0.2) is 0 Å². The molecule has 1 aromatic carbocycles. The van der Waals surface area contributed by atoms with E-state index in [1.165, 1.54) is 0 Å². The van der Waals surface area contributed by atoms with Crippen molar-refractivity contribution in [3.63, 3.8) is 0 Å². The van der Waals surface area contributed by atoms with Gasteiger partial charge in [0.05, 0.1) is 0 Å². The zero-order valence-corrected chi connectivity index (χ0v) is 15.4. The van der Waals surface area contributed by atoms with Gasteiger partial charge >= 0.3 is 6.03 Å². The predicted molar refractivity (Wildman–Crippen MR) is 103 cm³/mol. The number of piperazine rings is 1. The lowest BCUT2D eigenvalue weighted by Gasteiger charge is -2.34. The molecule has 8 nitrogen and oxygen atoms in total. The zero-order valence-electron chi connectivity index (χ0n) is 15.4. The van der Waals surface area contributed by atoms with Crippen LogP contribution in [-0.2, 0) is 0 Å². The van der Waals surface area contributed by atoms with Crippen molar-refractivity contribution in [1.29, 1.82) is 0 Å².